The molecule has 0 amide bonds. The molecule has 1 atom stereocenters. The van der Waals surface area contributed by atoms with Crippen LogP contribution in [0.4, 0.5) is 13.2 Å². The number of hydrogen-bond acceptors (Lipinski definition) is 1. The van der Waals surface area contributed by atoms with Crippen LogP contribution in [0.25, 0.3) is 10.1 Å². The number of benzene rings is 1. The second-order valence-electron chi connectivity index (χ2n) is 3.09. The first-order valence-electron chi connectivity index (χ1n) is 4.17. The average molecular weight is 295 g/mol. The van der Waals surface area contributed by atoms with Gasteiger partial charge in [0, 0.05) is 4.70 Å². The fourth-order valence-corrected chi connectivity index (χ4v) is 2.91. The lowest BCUT2D eigenvalue weighted by Gasteiger charge is -2.12. The van der Waals surface area contributed by atoms with Crippen LogP contribution in [0.3, 0.4) is 0 Å². The van der Waals surface area contributed by atoms with Crippen molar-refractivity contribution in [3.05, 3.63) is 35.2 Å². The van der Waals surface area contributed by atoms with Crippen LogP contribution in [-0.4, -0.2) is 6.18 Å². The monoisotopic (exact) mass is 294 g/mol. The highest BCUT2D eigenvalue weighted by molar-refractivity contribution is 9.09. The van der Waals surface area contributed by atoms with E-state index in [0.29, 0.717) is 10.9 Å². The number of alkyl halides is 4. The third-order valence-electron chi connectivity index (χ3n) is 2.07. The van der Waals surface area contributed by atoms with Gasteiger partial charge in [0.1, 0.15) is 4.83 Å². The highest BCUT2D eigenvalue weighted by atomic mass is 79.9. The molecule has 0 saturated carbocycles. The van der Waals surface area contributed by atoms with E-state index in [2.05, 4.69) is 15.9 Å². The molecular formula is C10H6BrF3S. The Labute approximate surface area is 96.8 Å². The van der Waals surface area contributed by atoms with Crippen LogP contribution in [0.1, 0.15) is 10.4 Å². The first-order valence-corrected chi connectivity index (χ1v) is 5.96. The lowest BCUT2D eigenvalue weighted by atomic mass is 10.1. The second-order valence-corrected chi connectivity index (χ2v) is 4.92. The van der Waals surface area contributed by atoms with E-state index in [0.717, 1.165) is 4.70 Å². The van der Waals surface area contributed by atoms with Gasteiger partial charge in [-0.05, 0) is 22.4 Å². The number of halogens is 4. The lowest BCUT2D eigenvalue weighted by Crippen LogP contribution is -2.14. The van der Waals surface area contributed by atoms with Crippen LogP contribution in [0.2, 0.25) is 0 Å². The maximum Gasteiger partial charge on any atom is 0.405 e. The topological polar surface area (TPSA) is 0 Å². The molecule has 1 aromatic carbocycles. The quantitative estimate of drug-likeness (QED) is 0.656. The molecule has 0 nitrogen and oxygen atoms in total. The summed E-state index contributed by atoms with van der Waals surface area (Å²) >= 11 is 4.02. The van der Waals surface area contributed by atoms with E-state index in [1.807, 2.05) is 12.1 Å². The molecule has 0 radical (unpaired) electrons. The van der Waals surface area contributed by atoms with Crippen LogP contribution in [0.5, 0.6) is 0 Å². The molecule has 1 heterocycles. The van der Waals surface area contributed by atoms with E-state index in [4.69, 9.17) is 0 Å². The molecule has 0 aliphatic rings. The van der Waals surface area contributed by atoms with Gasteiger partial charge in [-0.3, -0.25) is 0 Å². The number of hydrogen-bond donors (Lipinski definition) is 0. The summed E-state index contributed by atoms with van der Waals surface area (Å²) in [4.78, 5) is -1.58. The molecule has 1 aromatic heterocycles. The minimum atomic E-state index is -4.25. The summed E-state index contributed by atoms with van der Waals surface area (Å²) in [6.45, 7) is 0. The van der Waals surface area contributed by atoms with E-state index >= 15 is 0 Å². The Kier molecular flexibility index (Phi) is 2.77. The van der Waals surface area contributed by atoms with Crippen LogP contribution < -0.4 is 0 Å². The molecule has 2 rings (SSSR count). The standard InChI is InChI=1S/C10H6BrF3S/c11-9(10(12,13)14)7-5-15-8-4-2-1-3-6(7)8/h1-5,9H. The highest BCUT2D eigenvalue weighted by Gasteiger charge is 2.39. The van der Waals surface area contributed by atoms with Gasteiger partial charge >= 0.3 is 6.18 Å². The van der Waals surface area contributed by atoms with Crippen molar-refractivity contribution in [1.82, 2.24) is 0 Å². The van der Waals surface area contributed by atoms with Gasteiger partial charge in [0.15, 0.2) is 0 Å². The van der Waals surface area contributed by atoms with Gasteiger partial charge in [0.25, 0.3) is 0 Å². The summed E-state index contributed by atoms with van der Waals surface area (Å²) in [5.74, 6) is 0. The minimum Gasteiger partial charge on any atom is -0.169 e. The third-order valence-corrected chi connectivity index (χ3v) is 4.07. The van der Waals surface area contributed by atoms with E-state index in [1.165, 1.54) is 11.3 Å². The first kappa shape index (κ1) is 11.0. The van der Waals surface area contributed by atoms with Crippen molar-refractivity contribution in [2.45, 2.75) is 11.0 Å². The average Bonchev–Trinajstić information content (AvgIpc) is 2.58. The Morgan fingerprint density at radius 2 is 1.87 bits per heavy atom. The smallest absolute Gasteiger partial charge is 0.169 e. The predicted molar refractivity (Wildman–Crippen MR) is 59.5 cm³/mol. The number of rotatable bonds is 1. The molecule has 0 saturated heterocycles. The first-order chi connectivity index (χ1) is 7.00. The molecule has 0 fully saturated rings. The summed E-state index contributed by atoms with van der Waals surface area (Å²) in [7, 11) is 0. The van der Waals surface area contributed by atoms with Gasteiger partial charge in [-0.2, -0.15) is 13.2 Å². The summed E-state index contributed by atoms with van der Waals surface area (Å²) < 4.78 is 38.4. The van der Waals surface area contributed by atoms with Crippen molar-refractivity contribution >= 4 is 37.4 Å². The fourth-order valence-electron chi connectivity index (χ4n) is 1.37. The zero-order valence-electron chi connectivity index (χ0n) is 7.38. The molecule has 1 unspecified atom stereocenters. The molecule has 0 spiro atoms. The maximum atomic E-state index is 12.5. The van der Waals surface area contributed by atoms with E-state index in [-0.39, 0.29) is 0 Å². The number of thiophene rings is 1. The molecule has 80 valence electrons. The van der Waals surface area contributed by atoms with E-state index in [9.17, 15) is 13.2 Å². The zero-order valence-corrected chi connectivity index (χ0v) is 9.79. The summed E-state index contributed by atoms with van der Waals surface area (Å²) in [5.41, 5.74) is 0.295. The van der Waals surface area contributed by atoms with Gasteiger partial charge in [0.2, 0.25) is 0 Å². The molecule has 0 bridgehead atoms. The summed E-state index contributed by atoms with van der Waals surface area (Å²) in [5, 5.41) is 2.22. The zero-order chi connectivity index (χ0) is 11.1. The SMILES string of the molecule is FC(F)(F)C(Br)c1csc2ccccc12. The Morgan fingerprint density at radius 3 is 2.53 bits per heavy atom. The van der Waals surface area contributed by atoms with Crippen LogP contribution in [0.15, 0.2) is 29.6 Å². The molecule has 0 aliphatic heterocycles. The molecule has 0 N–H and O–H groups in total. The molecule has 0 aliphatic carbocycles. The van der Waals surface area contributed by atoms with E-state index in [1.54, 1.807) is 17.5 Å². The molecule has 15 heavy (non-hydrogen) atoms. The van der Waals surface area contributed by atoms with Gasteiger partial charge in [-0.25, -0.2) is 0 Å². The predicted octanol–water partition coefficient (Wildman–Crippen LogP) is 4.90. The Morgan fingerprint density at radius 1 is 1.20 bits per heavy atom. The van der Waals surface area contributed by atoms with Gasteiger partial charge in [-0.1, -0.05) is 34.1 Å². The van der Waals surface area contributed by atoms with E-state index < -0.39 is 11.0 Å². The van der Waals surface area contributed by atoms with Crippen molar-refractivity contribution in [3.63, 3.8) is 0 Å². The second kappa shape index (κ2) is 3.79. The Bertz CT molecular complexity index is 475. The molecule has 5 heteroatoms. The fraction of sp³-hybridized carbons (Fsp3) is 0.200. The largest absolute Gasteiger partial charge is 0.405 e. The van der Waals surface area contributed by atoms with Crippen molar-refractivity contribution in [2.75, 3.05) is 0 Å². The molecular weight excluding hydrogens is 289 g/mol. The van der Waals surface area contributed by atoms with Gasteiger partial charge in [0.05, 0.1) is 0 Å². The van der Waals surface area contributed by atoms with Crippen molar-refractivity contribution in [2.24, 2.45) is 0 Å². The van der Waals surface area contributed by atoms with Crippen molar-refractivity contribution in [3.8, 4) is 0 Å². The molecule has 2 aromatic rings. The van der Waals surface area contributed by atoms with Crippen LogP contribution >= 0.6 is 27.3 Å². The third kappa shape index (κ3) is 2.03. The summed E-state index contributed by atoms with van der Waals surface area (Å²) in [6.07, 6.45) is -4.25. The van der Waals surface area contributed by atoms with Gasteiger partial charge in [-0.15, -0.1) is 11.3 Å². The Hall–Kier alpha value is -0.550. The van der Waals surface area contributed by atoms with Crippen molar-refractivity contribution < 1.29 is 13.2 Å². The highest BCUT2D eigenvalue weighted by Crippen LogP contribution is 2.44. The maximum absolute atomic E-state index is 12.5. The lowest BCUT2D eigenvalue weighted by molar-refractivity contribution is -0.127. The summed E-state index contributed by atoms with van der Waals surface area (Å²) in [6, 6.07) is 7.09. The Balaban J connectivity index is 2.53. The minimum absolute atomic E-state index is 0.295. The van der Waals surface area contributed by atoms with Crippen LogP contribution in [-0.2, 0) is 0 Å². The normalized spacial score (nSPS) is 14.4. The van der Waals surface area contributed by atoms with Crippen molar-refractivity contribution in [1.29, 1.82) is 0 Å². The van der Waals surface area contributed by atoms with Crippen LogP contribution in [0, 0.1) is 0 Å². The van der Waals surface area contributed by atoms with Gasteiger partial charge < -0.3 is 0 Å². The number of fused-ring (bicyclic) bond motifs is 1.